The second-order valence-electron chi connectivity index (χ2n) is 3.72. The summed E-state index contributed by atoms with van der Waals surface area (Å²) in [4.78, 5) is 10.9. The molecular formula is C12H10N4O. The molecule has 84 valence electrons. The van der Waals surface area contributed by atoms with Crippen molar-refractivity contribution in [2.45, 2.75) is 0 Å². The van der Waals surface area contributed by atoms with Gasteiger partial charge in [-0.25, -0.2) is 4.98 Å². The van der Waals surface area contributed by atoms with Gasteiger partial charge in [0.2, 0.25) is 11.8 Å². The van der Waals surface area contributed by atoms with Crippen LogP contribution >= 0.6 is 0 Å². The van der Waals surface area contributed by atoms with Gasteiger partial charge >= 0.3 is 0 Å². The van der Waals surface area contributed by atoms with E-state index < -0.39 is 0 Å². The molecule has 0 aliphatic carbocycles. The third kappa shape index (κ3) is 1.57. The van der Waals surface area contributed by atoms with Crippen LogP contribution in [-0.4, -0.2) is 20.1 Å². The highest BCUT2D eigenvalue weighted by Crippen LogP contribution is 2.32. The molecule has 4 N–H and O–H groups in total. The maximum Gasteiger partial charge on any atom is 0.242 e. The molecule has 5 nitrogen and oxygen atoms in total. The zero-order valence-electron chi connectivity index (χ0n) is 8.88. The van der Waals surface area contributed by atoms with E-state index >= 15 is 0 Å². The van der Waals surface area contributed by atoms with Crippen molar-refractivity contribution in [2.75, 3.05) is 5.73 Å². The number of fused-ring (bicyclic) bond motifs is 1. The predicted octanol–water partition coefficient (Wildman–Crippen LogP) is 1.86. The van der Waals surface area contributed by atoms with Gasteiger partial charge in [0.05, 0.1) is 11.4 Å². The molecule has 0 aromatic heterocycles. The fraction of sp³-hybridized carbons (Fsp3) is 0. The molecule has 0 fully saturated rings. The number of nitrogens with zero attached hydrogens (tertiary/aromatic N) is 2. The summed E-state index contributed by atoms with van der Waals surface area (Å²) >= 11 is 0. The van der Waals surface area contributed by atoms with Gasteiger partial charge in [0.25, 0.3) is 0 Å². The minimum atomic E-state index is -0.154. The van der Waals surface area contributed by atoms with Crippen LogP contribution in [0.2, 0.25) is 0 Å². The molecule has 5 heteroatoms. The Bertz CT molecular complexity index is 633. The normalized spacial score (nSPS) is 10.8. The first-order valence-electron chi connectivity index (χ1n) is 5.14. The van der Waals surface area contributed by atoms with Crippen LogP contribution < -0.4 is 5.73 Å². The Morgan fingerprint density at radius 2 is 1.88 bits per heavy atom. The number of nitrogens with one attached hydrogen (secondary N) is 1. The number of aromatic nitrogens is 3. The molecule has 1 aromatic rings. The zero-order chi connectivity index (χ0) is 11.8. The lowest BCUT2D eigenvalue weighted by atomic mass is 10.1. The number of aromatic hydroxyl groups is 1. The molecule has 0 saturated heterocycles. The maximum absolute atomic E-state index is 9.64. The van der Waals surface area contributed by atoms with Crippen molar-refractivity contribution < 1.29 is 5.11 Å². The van der Waals surface area contributed by atoms with E-state index in [2.05, 4.69) is 15.0 Å². The van der Waals surface area contributed by atoms with Crippen molar-refractivity contribution in [1.29, 1.82) is 0 Å². The van der Waals surface area contributed by atoms with Gasteiger partial charge in [-0.1, -0.05) is 30.3 Å². The number of hydrogen-bond acceptors (Lipinski definition) is 4. The first-order chi connectivity index (χ1) is 8.24. The summed E-state index contributed by atoms with van der Waals surface area (Å²) in [7, 11) is 0. The van der Waals surface area contributed by atoms with Gasteiger partial charge < -0.3 is 15.8 Å². The monoisotopic (exact) mass is 226 g/mol. The number of nitrogen functional groups attached to an aromatic ring is 1. The van der Waals surface area contributed by atoms with Crippen LogP contribution in [0.5, 0.6) is 5.88 Å². The second kappa shape index (κ2) is 3.48. The smallest absolute Gasteiger partial charge is 0.242 e. The highest BCUT2D eigenvalue weighted by atomic mass is 16.3. The molecule has 0 atom stereocenters. The van der Waals surface area contributed by atoms with Gasteiger partial charge in [-0.3, -0.25) is 0 Å². The van der Waals surface area contributed by atoms with Crippen molar-refractivity contribution in [3.63, 3.8) is 0 Å². The van der Waals surface area contributed by atoms with E-state index in [0.717, 1.165) is 11.3 Å². The Morgan fingerprint density at radius 1 is 1.12 bits per heavy atom. The lowest BCUT2D eigenvalue weighted by Gasteiger charge is -2.00. The van der Waals surface area contributed by atoms with E-state index in [1.54, 1.807) is 0 Å². The third-order valence-corrected chi connectivity index (χ3v) is 2.54. The van der Waals surface area contributed by atoms with Gasteiger partial charge in [0.15, 0.2) is 0 Å². The number of hydrogen-bond donors (Lipinski definition) is 3. The Kier molecular flexibility index (Phi) is 1.98. The average molecular weight is 226 g/mol. The molecule has 1 aromatic carbocycles. The first-order valence-corrected chi connectivity index (χ1v) is 5.14. The van der Waals surface area contributed by atoms with E-state index in [1.165, 1.54) is 0 Å². The van der Waals surface area contributed by atoms with Crippen LogP contribution in [0, 0.1) is 0 Å². The molecular weight excluding hydrogens is 216 g/mol. The van der Waals surface area contributed by atoms with Crippen molar-refractivity contribution >= 4 is 5.95 Å². The largest absolute Gasteiger partial charge is 0.492 e. The second-order valence-corrected chi connectivity index (χ2v) is 3.72. The summed E-state index contributed by atoms with van der Waals surface area (Å²) in [6.45, 7) is 0. The minimum Gasteiger partial charge on any atom is -0.492 e. The summed E-state index contributed by atoms with van der Waals surface area (Å²) in [5.74, 6) is 0.0143. The molecule has 0 bridgehead atoms. The number of benzene rings is 1. The Labute approximate surface area is 97.3 Å². The van der Waals surface area contributed by atoms with Crippen LogP contribution in [0.3, 0.4) is 0 Å². The van der Waals surface area contributed by atoms with Gasteiger partial charge in [-0.15, -0.1) is 0 Å². The molecule has 0 unspecified atom stereocenters. The van der Waals surface area contributed by atoms with Crippen LogP contribution in [0.4, 0.5) is 5.95 Å². The first kappa shape index (κ1) is 9.65. The predicted molar refractivity (Wildman–Crippen MR) is 64.5 cm³/mol. The summed E-state index contributed by atoms with van der Waals surface area (Å²) in [6.07, 6.45) is 0. The lowest BCUT2D eigenvalue weighted by molar-refractivity contribution is 0.453. The van der Waals surface area contributed by atoms with E-state index in [1.807, 2.05) is 36.4 Å². The summed E-state index contributed by atoms with van der Waals surface area (Å²) in [5, 5.41) is 9.64. The highest BCUT2D eigenvalue weighted by Gasteiger charge is 2.16. The van der Waals surface area contributed by atoms with E-state index in [-0.39, 0.29) is 11.8 Å². The Hall–Kier alpha value is -2.56. The van der Waals surface area contributed by atoms with Gasteiger partial charge in [0, 0.05) is 5.56 Å². The van der Waals surface area contributed by atoms with Crippen LogP contribution in [-0.2, 0) is 0 Å². The molecule has 2 aliphatic heterocycles. The molecule has 3 rings (SSSR count). The Balaban J connectivity index is 2.21. The Morgan fingerprint density at radius 3 is 2.65 bits per heavy atom. The molecule has 0 spiro atoms. The van der Waals surface area contributed by atoms with Gasteiger partial charge in [0.1, 0.15) is 5.69 Å². The molecule has 0 amide bonds. The highest BCUT2D eigenvalue weighted by molar-refractivity contribution is 5.74. The molecule has 2 heterocycles. The minimum absolute atomic E-state index is 0.154. The van der Waals surface area contributed by atoms with E-state index in [9.17, 15) is 5.11 Å². The van der Waals surface area contributed by atoms with Crippen molar-refractivity contribution in [3.05, 3.63) is 36.4 Å². The summed E-state index contributed by atoms with van der Waals surface area (Å²) in [6, 6.07) is 11.6. The molecule has 0 radical (unpaired) electrons. The zero-order valence-corrected chi connectivity index (χ0v) is 8.88. The molecule has 2 aliphatic rings. The van der Waals surface area contributed by atoms with Crippen molar-refractivity contribution in [1.82, 2.24) is 15.0 Å². The standard InChI is InChI=1S/C12H10N4O/c13-12-15-9-6-8(7-4-2-1-3-5-7)14-10(9)11(17)16-12/h1-6,17H,(H3,13,15,16). The van der Waals surface area contributed by atoms with Crippen LogP contribution in [0.1, 0.15) is 0 Å². The third-order valence-electron chi connectivity index (χ3n) is 2.54. The van der Waals surface area contributed by atoms with Crippen LogP contribution in [0.15, 0.2) is 36.4 Å². The van der Waals surface area contributed by atoms with Crippen molar-refractivity contribution in [3.8, 4) is 28.5 Å². The van der Waals surface area contributed by atoms with Gasteiger partial charge in [-0.05, 0) is 6.07 Å². The maximum atomic E-state index is 9.64. The van der Waals surface area contributed by atoms with Gasteiger partial charge in [-0.2, -0.15) is 4.98 Å². The molecule has 0 saturated carbocycles. The quantitative estimate of drug-likeness (QED) is 0.591. The average Bonchev–Trinajstić information content (AvgIpc) is 2.74. The number of H-pyrrole nitrogens is 1. The summed E-state index contributed by atoms with van der Waals surface area (Å²) < 4.78 is 0. The lowest BCUT2D eigenvalue weighted by Crippen LogP contribution is -1.96. The molecule has 17 heavy (non-hydrogen) atoms. The number of aromatic amines is 1. The van der Waals surface area contributed by atoms with Crippen LogP contribution in [0.25, 0.3) is 22.6 Å². The summed E-state index contributed by atoms with van der Waals surface area (Å²) in [5.41, 5.74) is 8.38. The topological polar surface area (TPSA) is 87.8 Å². The van der Waals surface area contributed by atoms with E-state index in [4.69, 9.17) is 5.73 Å². The van der Waals surface area contributed by atoms with E-state index in [0.29, 0.717) is 11.4 Å². The fourth-order valence-corrected chi connectivity index (χ4v) is 1.77. The number of rotatable bonds is 1. The fourth-order valence-electron chi connectivity index (χ4n) is 1.77. The number of anilines is 1. The number of nitrogens with two attached hydrogens (primary N) is 1. The van der Waals surface area contributed by atoms with Crippen molar-refractivity contribution in [2.24, 2.45) is 0 Å². The SMILES string of the molecule is Nc1nc(O)c2nc(-c3ccccc3)cc-2[nH]1.